The summed E-state index contributed by atoms with van der Waals surface area (Å²) in [5.74, 6) is 0.361. The minimum absolute atomic E-state index is 0.0550. The first-order valence-electron chi connectivity index (χ1n) is 6.81. The third kappa shape index (κ3) is 2.35. The number of aromatic carboxylic acids is 1. The number of hydrogen-bond donors (Lipinski definition) is 2. The summed E-state index contributed by atoms with van der Waals surface area (Å²) in [4.78, 5) is 23.0. The van der Waals surface area contributed by atoms with Crippen molar-refractivity contribution in [2.24, 2.45) is 17.8 Å². The number of amides is 1. The van der Waals surface area contributed by atoms with E-state index in [1.54, 1.807) is 12.1 Å². The number of nitrogens with one attached hydrogen (secondary N) is 1. The Morgan fingerprint density at radius 1 is 1.16 bits per heavy atom. The lowest BCUT2D eigenvalue weighted by atomic mass is 10.0. The van der Waals surface area contributed by atoms with Crippen LogP contribution < -0.4 is 5.32 Å². The molecule has 2 aliphatic rings. The topological polar surface area (TPSA) is 66.4 Å². The molecule has 4 heteroatoms. The van der Waals surface area contributed by atoms with E-state index in [1.807, 2.05) is 0 Å². The summed E-state index contributed by atoms with van der Waals surface area (Å²) >= 11 is 0. The predicted octanol–water partition coefficient (Wildman–Crippen LogP) is 2.76. The van der Waals surface area contributed by atoms with Crippen molar-refractivity contribution in [3.63, 3.8) is 0 Å². The van der Waals surface area contributed by atoms with Crippen LogP contribution in [0, 0.1) is 17.8 Å². The molecule has 0 heterocycles. The van der Waals surface area contributed by atoms with Crippen molar-refractivity contribution < 1.29 is 14.7 Å². The SMILES string of the molecule is O=C(O)c1cccc(NC(=O)C2C3CCCCC32)c1. The zero-order chi connectivity index (χ0) is 13.4. The van der Waals surface area contributed by atoms with Crippen molar-refractivity contribution in [3.8, 4) is 0 Å². The molecule has 0 spiro atoms. The normalized spacial score (nSPS) is 28.3. The van der Waals surface area contributed by atoms with E-state index in [9.17, 15) is 9.59 Å². The van der Waals surface area contributed by atoms with Crippen LogP contribution in [0.2, 0.25) is 0 Å². The molecule has 0 saturated heterocycles. The van der Waals surface area contributed by atoms with E-state index in [4.69, 9.17) is 5.11 Å². The van der Waals surface area contributed by atoms with Crippen molar-refractivity contribution in [2.75, 3.05) is 5.32 Å². The quantitative estimate of drug-likeness (QED) is 0.877. The molecule has 2 atom stereocenters. The van der Waals surface area contributed by atoms with Crippen molar-refractivity contribution in [3.05, 3.63) is 29.8 Å². The van der Waals surface area contributed by atoms with Gasteiger partial charge in [0, 0.05) is 11.6 Å². The number of hydrogen-bond acceptors (Lipinski definition) is 2. The van der Waals surface area contributed by atoms with E-state index >= 15 is 0 Å². The molecule has 19 heavy (non-hydrogen) atoms. The van der Waals surface area contributed by atoms with Crippen molar-refractivity contribution in [1.82, 2.24) is 0 Å². The summed E-state index contributed by atoms with van der Waals surface area (Å²) in [6.45, 7) is 0. The molecule has 2 fully saturated rings. The van der Waals surface area contributed by atoms with Crippen LogP contribution in [0.5, 0.6) is 0 Å². The molecule has 100 valence electrons. The van der Waals surface area contributed by atoms with Gasteiger partial charge < -0.3 is 10.4 Å². The number of anilines is 1. The molecule has 0 aliphatic heterocycles. The zero-order valence-corrected chi connectivity index (χ0v) is 10.6. The van der Waals surface area contributed by atoms with Gasteiger partial charge in [-0.05, 0) is 42.9 Å². The Morgan fingerprint density at radius 3 is 2.47 bits per heavy atom. The number of carboxylic acid groups (broad SMARTS) is 1. The van der Waals surface area contributed by atoms with Gasteiger partial charge in [0.15, 0.2) is 0 Å². The van der Waals surface area contributed by atoms with Gasteiger partial charge in [-0.1, -0.05) is 18.9 Å². The van der Waals surface area contributed by atoms with Gasteiger partial charge in [0.05, 0.1) is 5.56 Å². The maximum atomic E-state index is 12.2. The highest BCUT2D eigenvalue weighted by Crippen LogP contribution is 2.55. The van der Waals surface area contributed by atoms with Crippen molar-refractivity contribution >= 4 is 17.6 Å². The van der Waals surface area contributed by atoms with Crippen molar-refractivity contribution in [1.29, 1.82) is 0 Å². The molecule has 0 radical (unpaired) electrons. The Bertz CT molecular complexity index is 514. The molecular weight excluding hydrogens is 242 g/mol. The fourth-order valence-corrected chi connectivity index (χ4v) is 3.34. The lowest BCUT2D eigenvalue weighted by Gasteiger charge is -2.05. The number of fused-ring (bicyclic) bond motifs is 1. The molecule has 1 amide bonds. The summed E-state index contributed by atoms with van der Waals surface area (Å²) in [6.07, 6.45) is 4.80. The first kappa shape index (κ1) is 12.2. The number of carbonyl (C=O) groups excluding carboxylic acids is 1. The minimum Gasteiger partial charge on any atom is -0.478 e. The lowest BCUT2D eigenvalue weighted by molar-refractivity contribution is -0.117. The molecule has 0 aromatic heterocycles. The van der Waals surface area contributed by atoms with E-state index in [2.05, 4.69) is 5.32 Å². The first-order valence-corrected chi connectivity index (χ1v) is 6.81. The summed E-state index contributed by atoms with van der Waals surface area (Å²) in [7, 11) is 0. The van der Waals surface area contributed by atoms with Crippen LogP contribution >= 0.6 is 0 Å². The maximum Gasteiger partial charge on any atom is 0.335 e. The van der Waals surface area contributed by atoms with Crippen LogP contribution in [0.3, 0.4) is 0 Å². The summed E-state index contributed by atoms with van der Waals surface area (Å²) in [5.41, 5.74) is 0.777. The predicted molar refractivity (Wildman–Crippen MR) is 71.0 cm³/mol. The molecule has 2 unspecified atom stereocenters. The van der Waals surface area contributed by atoms with E-state index in [0.717, 1.165) is 12.8 Å². The molecule has 2 saturated carbocycles. The Balaban J connectivity index is 1.67. The summed E-state index contributed by atoms with van der Waals surface area (Å²) in [5, 5.41) is 11.8. The highest BCUT2D eigenvalue weighted by atomic mass is 16.4. The van der Waals surface area contributed by atoms with Crippen LogP contribution in [0.25, 0.3) is 0 Å². The lowest BCUT2D eigenvalue weighted by Crippen LogP contribution is -2.15. The molecule has 0 bridgehead atoms. The number of carboxylic acids is 1. The number of carbonyl (C=O) groups is 2. The monoisotopic (exact) mass is 259 g/mol. The molecule has 1 aromatic rings. The summed E-state index contributed by atoms with van der Waals surface area (Å²) < 4.78 is 0. The van der Waals surface area contributed by atoms with Gasteiger partial charge in [0.1, 0.15) is 0 Å². The molecule has 2 aliphatic carbocycles. The maximum absolute atomic E-state index is 12.2. The van der Waals surface area contributed by atoms with Gasteiger partial charge in [0.25, 0.3) is 0 Å². The van der Waals surface area contributed by atoms with Crippen LogP contribution in [0.1, 0.15) is 36.0 Å². The molecule has 3 rings (SSSR count). The van der Waals surface area contributed by atoms with E-state index in [0.29, 0.717) is 17.5 Å². The molecule has 2 N–H and O–H groups in total. The Morgan fingerprint density at radius 2 is 1.84 bits per heavy atom. The Kier molecular flexibility index (Phi) is 3.01. The molecule has 1 aromatic carbocycles. The Hall–Kier alpha value is -1.84. The number of benzene rings is 1. The summed E-state index contributed by atoms with van der Waals surface area (Å²) in [6, 6.07) is 6.41. The third-order valence-electron chi connectivity index (χ3n) is 4.34. The smallest absolute Gasteiger partial charge is 0.335 e. The van der Waals surface area contributed by atoms with Gasteiger partial charge in [-0.25, -0.2) is 4.79 Å². The average Bonchev–Trinajstić information content (AvgIpc) is 3.13. The second-order valence-corrected chi connectivity index (χ2v) is 5.51. The molecule has 4 nitrogen and oxygen atoms in total. The first-order chi connectivity index (χ1) is 9.16. The van der Waals surface area contributed by atoms with Gasteiger partial charge in [-0.2, -0.15) is 0 Å². The van der Waals surface area contributed by atoms with E-state index < -0.39 is 5.97 Å². The van der Waals surface area contributed by atoms with Crippen molar-refractivity contribution in [2.45, 2.75) is 25.7 Å². The highest BCUT2D eigenvalue weighted by Gasteiger charge is 2.54. The Labute approximate surface area is 111 Å². The van der Waals surface area contributed by atoms with Gasteiger partial charge in [-0.3, -0.25) is 4.79 Å². The molecular formula is C15H17NO3. The number of rotatable bonds is 3. The standard InChI is InChI=1S/C15H17NO3/c17-14(13-11-6-1-2-7-12(11)13)16-10-5-3-4-9(8-10)15(18)19/h3-5,8,11-13H,1-2,6-7H2,(H,16,17)(H,18,19). The minimum atomic E-state index is -0.976. The van der Waals surface area contributed by atoms with Crippen LogP contribution in [0.15, 0.2) is 24.3 Å². The second kappa shape index (κ2) is 4.68. The highest BCUT2D eigenvalue weighted by molar-refractivity contribution is 5.96. The van der Waals surface area contributed by atoms with E-state index in [-0.39, 0.29) is 17.4 Å². The third-order valence-corrected chi connectivity index (χ3v) is 4.34. The van der Waals surface area contributed by atoms with Crippen LogP contribution in [-0.4, -0.2) is 17.0 Å². The van der Waals surface area contributed by atoms with Gasteiger partial charge in [0.2, 0.25) is 5.91 Å². The fourth-order valence-electron chi connectivity index (χ4n) is 3.34. The largest absolute Gasteiger partial charge is 0.478 e. The van der Waals surface area contributed by atoms with Gasteiger partial charge in [-0.15, -0.1) is 0 Å². The average molecular weight is 259 g/mol. The fraction of sp³-hybridized carbons (Fsp3) is 0.467. The zero-order valence-electron chi connectivity index (χ0n) is 10.6. The van der Waals surface area contributed by atoms with Crippen LogP contribution in [0.4, 0.5) is 5.69 Å². The van der Waals surface area contributed by atoms with Crippen LogP contribution in [-0.2, 0) is 4.79 Å². The van der Waals surface area contributed by atoms with E-state index in [1.165, 1.54) is 25.0 Å². The second-order valence-electron chi connectivity index (χ2n) is 5.51. The van der Waals surface area contributed by atoms with Gasteiger partial charge >= 0.3 is 5.97 Å².